The van der Waals surface area contributed by atoms with E-state index in [2.05, 4.69) is 119 Å². The third-order valence-electron chi connectivity index (χ3n) is 7.53. The molecule has 3 aromatic carbocycles. The lowest BCUT2D eigenvalue weighted by atomic mass is 9.88. The Kier molecular flexibility index (Phi) is 9.49. The second kappa shape index (κ2) is 13.8. The number of ether oxygens (including phenoxy) is 1. The first-order valence-corrected chi connectivity index (χ1v) is 14.5. The van der Waals surface area contributed by atoms with Crippen LogP contribution in [-0.2, 0) is 0 Å². The van der Waals surface area contributed by atoms with Crippen molar-refractivity contribution in [3.8, 4) is 5.75 Å². The largest absolute Gasteiger partial charge is 0.492 e. The summed E-state index contributed by atoms with van der Waals surface area (Å²) in [4.78, 5) is 2.38. The van der Waals surface area contributed by atoms with Gasteiger partial charge in [-0.15, -0.1) is 0 Å². The molecule has 1 aliphatic heterocycles. The molecule has 0 atom stereocenters. The minimum Gasteiger partial charge on any atom is -0.492 e. The molecule has 5 nitrogen and oxygen atoms in total. The number of H-pyrrole nitrogens is 1. The van der Waals surface area contributed by atoms with E-state index in [4.69, 9.17) is 4.74 Å². The fourth-order valence-corrected chi connectivity index (χ4v) is 5.40. The Balaban J connectivity index is 1.23. The highest BCUT2D eigenvalue weighted by atomic mass is 16.5. The van der Waals surface area contributed by atoms with Crippen molar-refractivity contribution in [2.75, 3.05) is 32.8 Å². The van der Waals surface area contributed by atoms with Crippen LogP contribution >= 0.6 is 0 Å². The fraction of sp³-hybridized carbons (Fsp3) is 0.286. The monoisotopic (exact) mass is 532 g/mol. The van der Waals surface area contributed by atoms with Crippen LogP contribution in [0.2, 0.25) is 0 Å². The zero-order valence-electron chi connectivity index (χ0n) is 23.5. The van der Waals surface area contributed by atoms with E-state index in [1.165, 1.54) is 47.1 Å². The van der Waals surface area contributed by atoms with Crippen molar-refractivity contribution < 1.29 is 4.74 Å². The molecule has 0 bridgehead atoms. The number of aromatic amines is 1. The number of allylic oxidation sites excluding steroid dienone is 2. The SMILES string of the molecule is C=C(/C=C/CNCCOc1ccc(/C(=C(/CC)c2ccccc2)c2ccc3[nH]ncc3c2)cc1)N1CCCCC1. The van der Waals surface area contributed by atoms with Gasteiger partial charge in [0.05, 0.1) is 11.7 Å². The number of fused-ring (bicyclic) bond motifs is 1. The van der Waals surface area contributed by atoms with E-state index < -0.39 is 0 Å². The van der Waals surface area contributed by atoms with Crippen LogP contribution in [0.4, 0.5) is 0 Å². The molecule has 0 saturated carbocycles. The Hall–Kier alpha value is -4.09. The Morgan fingerprint density at radius 1 is 0.975 bits per heavy atom. The van der Waals surface area contributed by atoms with Gasteiger partial charge in [0.1, 0.15) is 12.4 Å². The van der Waals surface area contributed by atoms with E-state index in [1.807, 2.05) is 6.20 Å². The van der Waals surface area contributed by atoms with Crippen molar-refractivity contribution in [1.29, 1.82) is 0 Å². The van der Waals surface area contributed by atoms with Crippen molar-refractivity contribution >= 4 is 22.0 Å². The molecule has 40 heavy (non-hydrogen) atoms. The van der Waals surface area contributed by atoms with Crippen LogP contribution in [0.3, 0.4) is 0 Å². The number of aromatic nitrogens is 2. The van der Waals surface area contributed by atoms with Gasteiger partial charge in [0.15, 0.2) is 0 Å². The summed E-state index contributed by atoms with van der Waals surface area (Å²) in [6.45, 7) is 10.9. The molecule has 0 unspecified atom stereocenters. The number of hydrogen-bond acceptors (Lipinski definition) is 4. The summed E-state index contributed by atoms with van der Waals surface area (Å²) in [5.41, 5.74) is 8.32. The van der Waals surface area contributed by atoms with E-state index >= 15 is 0 Å². The molecular weight excluding hydrogens is 492 g/mol. The number of nitrogens with one attached hydrogen (secondary N) is 2. The first-order chi connectivity index (χ1) is 19.7. The average Bonchev–Trinajstić information content (AvgIpc) is 3.49. The molecule has 0 aliphatic carbocycles. The second-order valence-electron chi connectivity index (χ2n) is 10.3. The summed E-state index contributed by atoms with van der Waals surface area (Å²) in [6.07, 6.45) is 11.0. The van der Waals surface area contributed by atoms with Crippen LogP contribution in [0.5, 0.6) is 5.75 Å². The van der Waals surface area contributed by atoms with Gasteiger partial charge in [-0.3, -0.25) is 5.10 Å². The Morgan fingerprint density at radius 2 is 1.75 bits per heavy atom. The maximum atomic E-state index is 6.05. The summed E-state index contributed by atoms with van der Waals surface area (Å²) in [7, 11) is 0. The summed E-state index contributed by atoms with van der Waals surface area (Å²) >= 11 is 0. The number of rotatable bonds is 12. The maximum Gasteiger partial charge on any atom is 0.119 e. The third-order valence-corrected chi connectivity index (χ3v) is 7.53. The van der Waals surface area contributed by atoms with Gasteiger partial charge >= 0.3 is 0 Å². The molecule has 2 heterocycles. The molecule has 1 aromatic heterocycles. The second-order valence-corrected chi connectivity index (χ2v) is 10.3. The van der Waals surface area contributed by atoms with Gasteiger partial charge in [-0.1, -0.05) is 68.1 Å². The smallest absolute Gasteiger partial charge is 0.119 e. The molecule has 0 radical (unpaired) electrons. The first-order valence-electron chi connectivity index (χ1n) is 14.5. The molecule has 5 heteroatoms. The summed E-state index contributed by atoms with van der Waals surface area (Å²) in [5.74, 6) is 0.877. The Morgan fingerprint density at radius 3 is 2.52 bits per heavy atom. The summed E-state index contributed by atoms with van der Waals surface area (Å²) < 4.78 is 6.05. The van der Waals surface area contributed by atoms with Gasteiger partial charge in [0, 0.05) is 37.3 Å². The lowest BCUT2D eigenvalue weighted by Gasteiger charge is -2.28. The van der Waals surface area contributed by atoms with Crippen molar-refractivity contribution in [2.24, 2.45) is 0 Å². The molecule has 2 N–H and O–H groups in total. The van der Waals surface area contributed by atoms with Crippen LogP contribution in [-0.4, -0.2) is 47.9 Å². The number of benzene rings is 3. The Bertz CT molecular complexity index is 1440. The quantitative estimate of drug-likeness (QED) is 0.113. The van der Waals surface area contributed by atoms with Crippen LogP contribution in [0.1, 0.15) is 49.3 Å². The number of likely N-dealkylation sites (tertiary alicyclic amines) is 1. The van der Waals surface area contributed by atoms with E-state index in [0.717, 1.165) is 54.9 Å². The van der Waals surface area contributed by atoms with E-state index in [0.29, 0.717) is 6.61 Å². The molecular formula is C35H40N4O. The van der Waals surface area contributed by atoms with Crippen molar-refractivity contribution in [3.05, 3.63) is 120 Å². The lowest BCUT2D eigenvalue weighted by Crippen LogP contribution is -2.28. The molecule has 206 valence electrons. The van der Waals surface area contributed by atoms with Gasteiger partial charge in [0.25, 0.3) is 0 Å². The molecule has 4 aromatic rings. The molecule has 1 saturated heterocycles. The molecule has 1 fully saturated rings. The van der Waals surface area contributed by atoms with Crippen LogP contribution in [0, 0.1) is 0 Å². The zero-order chi connectivity index (χ0) is 27.6. The first kappa shape index (κ1) is 27.5. The van der Waals surface area contributed by atoms with Gasteiger partial charge in [-0.2, -0.15) is 5.10 Å². The minimum atomic E-state index is 0.615. The number of piperidine rings is 1. The topological polar surface area (TPSA) is 53.2 Å². The molecule has 1 aliphatic rings. The van der Waals surface area contributed by atoms with Crippen LogP contribution in [0.15, 0.2) is 103 Å². The molecule has 0 spiro atoms. The molecule has 0 amide bonds. The van der Waals surface area contributed by atoms with E-state index in [9.17, 15) is 0 Å². The van der Waals surface area contributed by atoms with Gasteiger partial charge in [-0.05, 0) is 83.9 Å². The van der Waals surface area contributed by atoms with Gasteiger partial charge in [0.2, 0.25) is 0 Å². The van der Waals surface area contributed by atoms with Crippen LogP contribution < -0.4 is 10.1 Å². The summed E-state index contributed by atoms with van der Waals surface area (Å²) in [5, 5.41) is 11.8. The third kappa shape index (κ3) is 6.91. The summed E-state index contributed by atoms with van der Waals surface area (Å²) in [6, 6.07) is 25.7. The highest BCUT2D eigenvalue weighted by Gasteiger charge is 2.14. The normalized spacial score (nSPS) is 14.5. The van der Waals surface area contributed by atoms with E-state index in [1.54, 1.807) is 0 Å². The van der Waals surface area contributed by atoms with Gasteiger partial charge < -0.3 is 15.0 Å². The predicted molar refractivity (Wildman–Crippen MR) is 167 cm³/mol. The highest BCUT2D eigenvalue weighted by Crippen LogP contribution is 2.36. The lowest BCUT2D eigenvalue weighted by molar-refractivity contribution is 0.294. The predicted octanol–water partition coefficient (Wildman–Crippen LogP) is 7.46. The average molecular weight is 533 g/mol. The standard InChI is InChI=1S/C35H40N4O/c1-3-33(28-12-6-4-7-13-28)35(30-16-19-34-31(25-30)26-37-38-34)29-14-17-32(18-15-29)40-24-21-36-20-10-11-27(2)39-22-8-5-9-23-39/h4,6-7,10-19,25-26,36H,2-3,5,8-9,20-24H2,1H3,(H,37,38)/b11-10+,35-33+. The van der Waals surface area contributed by atoms with Crippen molar-refractivity contribution in [1.82, 2.24) is 20.4 Å². The number of nitrogens with zero attached hydrogens (tertiary/aromatic N) is 2. The zero-order valence-corrected chi connectivity index (χ0v) is 23.5. The van der Waals surface area contributed by atoms with Gasteiger partial charge in [-0.25, -0.2) is 0 Å². The van der Waals surface area contributed by atoms with E-state index in [-0.39, 0.29) is 0 Å². The fourth-order valence-electron chi connectivity index (χ4n) is 5.40. The van der Waals surface area contributed by atoms with Crippen molar-refractivity contribution in [3.63, 3.8) is 0 Å². The maximum absolute atomic E-state index is 6.05. The highest BCUT2D eigenvalue weighted by molar-refractivity contribution is 6.00. The number of hydrogen-bond donors (Lipinski definition) is 2. The van der Waals surface area contributed by atoms with Crippen LogP contribution in [0.25, 0.3) is 22.0 Å². The minimum absolute atomic E-state index is 0.615. The molecule has 5 rings (SSSR count). The Labute approximate surface area is 238 Å². The van der Waals surface area contributed by atoms with Crippen molar-refractivity contribution in [2.45, 2.75) is 32.6 Å².